The van der Waals surface area contributed by atoms with E-state index in [0.29, 0.717) is 17.3 Å². The van der Waals surface area contributed by atoms with Crippen LogP contribution < -0.4 is 4.57 Å². The molecule has 0 radical (unpaired) electrons. The number of fused-ring (bicyclic) bond motifs is 1. The number of carbonyl (C=O) groups is 1. The van der Waals surface area contributed by atoms with Crippen molar-refractivity contribution in [2.75, 3.05) is 6.54 Å². The fraction of sp³-hybridized carbons (Fsp3) is 0.214. The van der Waals surface area contributed by atoms with Gasteiger partial charge in [0.15, 0.2) is 6.20 Å². The molecule has 0 amide bonds. The summed E-state index contributed by atoms with van der Waals surface area (Å²) >= 11 is 5.76. The van der Waals surface area contributed by atoms with E-state index in [1.54, 1.807) is 29.1 Å². The van der Waals surface area contributed by atoms with Crippen molar-refractivity contribution < 1.29 is 14.6 Å². The number of halogens is 1. The van der Waals surface area contributed by atoms with Crippen LogP contribution in [0.15, 0.2) is 42.7 Å². The van der Waals surface area contributed by atoms with Gasteiger partial charge in [-0.1, -0.05) is 17.7 Å². The molecular weight excluding hydrogens is 278 g/mol. The Hall–Kier alpha value is -1.82. The van der Waals surface area contributed by atoms with Crippen molar-refractivity contribution in [2.24, 2.45) is 0 Å². The van der Waals surface area contributed by atoms with Gasteiger partial charge >= 0.3 is 0 Å². The van der Waals surface area contributed by atoms with Gasteiger partial charge in [0.2, 0.25) is 11.9 Å². The maximum Gasteiger partial charge on any atom is 0.251 e. The highest BCUT2D eigenvalue weighted by molar-refractivity contribution is 6.29. The van der Waals surface area contributed by atoms with E-state index < -0.39 is 0 Å². The van der Waals surface area contributed by atoms with E-state index >= 15 is 0 Å². The average molecular weight is 291 g/mol. The van der Waals surface area contributed by atoms with Gasteiger partial charge in [0, 0.05) is 18.3 Å². The van der Waals surface area contributed by atoms with Crippen LogP contribution in [0.2, 0.25) is 5.15 Å². The van der Waals surface area contributed by atoms with Gasteiger partial charge in [0.25, 0.3) is 5.69 Å². The maximum absolute atomic E-state index is 11.9. The lowest BCUT2D eigenvalue weighted by atomic mass is 10.1. The third-order valence-corrected chi connectivity index (χ3v) is 3.58. The molecule has 0 spiro atoms. The van der Waals surface area contributed by atoms with Crippen LogP contribution in [0.3, 0.4) is 0 Å². The SMILES string of the molecule is O=C1CN(O)C(Cc2ccc(Cl)nc2)[n+]2ccccc21. The van der Waals surface area contributed by atoms with E-state index in [1.165, 1.54) is 0 Å². The topological polar surface area (TPSA) is 57.3 Å². The largest absolute Gasteiger partial charge is 0.308 e. The van der Waals surface area contributed by atoms with E-state index in [0.717, 1.165) is 10.6 Å². The highest BCUT2D eigenvalue weighted by atomic mass is 35.5. The smallest absolute Gasteiger partial charge is 0.251 e. The molecule has 0 saturated heterocycles. The van der Waals surface area contributed by atoms with E-state index in [-0.39, 0.29) is 18.5 Å². The summed E-state index contributed by atoms with van der Waals surface area (Å²) in [5, 5.41) is 11.5. The van der Waals surface area contributed by atoms with Crippen LogP contribution in [0.1, 0.15) is 22.2 Å². The number of hydroxylamine groups is 2. The van der Waals surface area contributed by atoms with Crippen molar-refractivity contribution in [2.45, 2.75) is 12.6 Å². The lowest BCUT2D eigenvalue weighted by Crippen LogP contribution is -2.58. The summed E-state index contributed by atoms with van der Waals surface area (Å²) in [5.41, 5.74) is 1.54. The molecule has 3 rings (SSSR count). The maximum atomic E-state index is 11.9. The number of rotatable bonds is 2. The van der Waals surface area contributed by atoms with Crippen LogP contribution in [0, 0.1) is 0 Å². The molecule has 0 aliphatic carbocycles. The quantitative estimate of drug-likeness (QED) is 0.675. The molecule has 0 saturated carbocycles. The van der Waals surface area contributed by atoms with E-state index in [9.17, 15) is 10.0 Å². The molecule has 1 aliphatic rings. The molecule has 1 N–H and O–H groups in total. The Kier molecular flexibility index (Phi) is 3.48. The molecule has 102 valence electrons. The van der Waals surface area contributed by atoms with E-state index in [4.69, 9.17) is 11.6 Å². The van der Waals surface area contributed by atoms with E-state index in [2.05, 4.69) is 4.98 Å². The predicted octanol–water partition coefficient (Wildman–Crippen LogP) is 1.65. The normalized spacial score (nSPS) is 18.9. The van der Waals surface area contributed by atoms with Gasteiger partial charge in [-0.25, -0.2) is 4.98 Å². The van der Waals surface area contributed by atoms with Gasteiger partial charge in [-0.15, -0.1) is 5.06 Å². The number of Topliss-reactive ketones (excluding diaryl/α,β-unsaturated/α-hetero) is 1. The summed E-state index contributed by atoms with van der Waals surface area (Å²) in [4.78, 5) is 15.9. The van der Waals surface area contributed by atoms with Gasteiger partial charge in [0.05, 0.1) is 6.42 Å². The molecule has 0 fully saturated rings. The summed E-state index contributed by atoms with van der Waals surface area (Å²) < 4.78 is 1.78. The van der Waals surface area contributed by atoms with Crippen LogP contribution >= 0.6 is 11.6 Å². The van der Waals surface area contributed by atoms with Crippen LogP contribution in [0.4, 0.5) is 0 Å². The van der Waals surface area contributed by atoms with Crippen molar-refractivity contribution >= 4 is 17.4 Å². The zero-order valence-electron chi connectivity index (χ0n) is 10.6. The molecule has 2 aromatic heterocycles. The second kappa shape index (κ2) is 5.28. The zero-order chi connectivity index (χ0) is 14.1. The minimum absolute atomic E-state index is 0.00427. The number of nitrogens with zero attached hydrogens (tertiary/aromatic N) is 3. The molecule has 1 atom stereocenters. The number of aromatic nitrogens is 2. The Bertz CT molecular complexity index is 645. The van der Waals surface area contributed by atoms with Crippen molar-refractivity contribution in [3.05, 3.63) is 59.1 Å². The molecular formula is C14H13ClN3O2+. The highest BCUT2D eigenvalue weighted by Crippen LogP contribution is 2.18. The average Bonchev–Trinajstić information content (AvgIpc) is 2.45. The summed E-state index contributed by atoms with van der Waals surface area (Å²) in [6.07, 6.45) is 3.68. The zero-order valence-corrected chi connectivity index (χ0v) is 11.4. The van der Waals surface area contributed by atoms with Gasteiger partial charge in [0.1, 0.15) is 11.7 Å². The Labute approximate surface area is 121 Å². The van der Waals surface area contributed by atoms with Crippen molar-refractivity contribution in [3.63, 3.8) is 0 Å². The summed E-state index contributed by atoms with van der Waals surface area (Å²) in [6.45, 7) is -0.00427. The number of carbonyl (C=O) groups excluding carboxylic acids is 1. The summed E-state index contributed by atoms with van der Waals surface area (Å²) in [6, 6.07) is 9.00. The molecule has 20 heavy (non-hydrogen) atoms. The third kappa shape index (κ3) is 2.43. The molecule has 1 aliphatic heterocycles. The highest BCUT2D eigenvalue weighted by Gasteiger charge is 2.38. The second-order valence-corrected chi connectivity index (χ2v) is 5.08. The van der Waals surface area contributed by atoms with E-state index in [1.807, 2.05) is 18.2 Å². The molecule has 5 nitrogen and oxygen atoms in total. The Morgan fingerprint density at radius 2 is 2.25 bits per heavy atom. The monoisotopic (exact) mass is 290 g/mol. The predicted molar refractivity (Wildman–Crippen MR) is 71.4 cm³/mol. The number of pyridine rings is 2. The molecule has 0 bridgehead atoms. The van der Waals surface area contributed by atoms with Crippen LogP contribution in [-0.2, 0) is 6.42 Å². The van der Waals surface area contributed by atoms with Crippen molar-refractivity contribution in [1.82, 2.24) is 10.0 Å². The lowest BCUT2D eigenvalue weighted by Gasteiger charge is -2.25. The second-order valence-electron chi connectivity index (χ2n) is 4.69. The first-order valence-electron chi connectivity index (χ1n) is 6.24. The third-order valence-electron chi connectivity index (χ3n) is 3.35. The molecule has 2 aromatic rings. The number of ketones is 1. The van der Waals surface area contributed by atoms with Crippen molar-refractivity contribution in [1.29, 1.82) is 0 Å². The molecule has 0 aromatic carbocycles. The first kappa shape index (κ1) is 13.2. The fourth-order valence-corrected chi connectivity index (χ4v) is 2.48. The standard InChI is InChI=1S/C14H13ClN3O2/c15-13-5-4-10(8-16-13)7-14-17-6-2-1-3-11(17)12(19)9-18(14)20/h1-6,8,14,20H,7,9H2/q+1. The minimum atomic E-state index is -0.327. The van der Waals surface area contributed by atoms with Crippen LogP contribution in [0.25, 0.3) is 0 Å². The molecule has 1 unspecified atom stereocenters. The summed E-state index contributed by atoms with van der Waals surface area (Å²) in [7, 11) is 0. The Balaban J connectivity index is 1.94. The number of hydrogen-bond donors (Lipinski definition) is 1. The van der Waals surface area contributed by atoms with Crippen LogP contribution in [0.5, 0.6) is 0 Å². The van der Waals surface area contributed by atoms with Gasteiger partial charge in [-0.2, -0.15) is 4.57 Å². The molecule has 6 heteroatoms. The lowest BCUT2D eigenvalue weighted by molar-refractivity contribution is -0.761. The minimum Gasteiger partial charge on any atom is -0.308 e. The van der Waals surface area contributed by atoms with Gasteiger partial charge in [-0.3, -0.25) is 4.79 Å². The first-order valence-corrected chi connectivity index (χ1v) is 6.62. The number of hydrogen-bond acceptors (Lipinski definition) is 4. The Morgan fingerprint density at radius 1 is 1.40 bits per heavy atom. The van der Waals surface area contributed by atoms with Gasteiger partial charge < -0.3 is 5.21 Å². The first-order chi connectivity index (χ1) is 9.65. The van der Waals surface area contributed by atoms with Crippen molar-refractivity contribution in [3.8, 4) is 0 Å². The van der Waals surface area contributed by atoms with Gasteiger partial charge in [-0.05, 0) is 17.7 Å². The van der Waals surface area contributed by atoms with Crippen LogP contribution in [-0.4, -0.2) is 27.6 Å². The fourth-order valence-electron chi connectivity index (χ4n) is 2.37. The summed E-state index contributed by atoms with van der Waals surface area (Å²) in [5.74, 6) is -0.0985. The Morgan fingerprint density at radius 3 is 3.00 bits per heavy atom. The molecule has 3 heterocycles.